The van der Waals surface area contributed by atoms with Crippen LogP contribution in [0.2, 0.25) is 0 Å². The summed E-state index contributed by atoms with van der Waals surface area (Å²) < 4.78 is 1.91. The van der Waals surface area contributed by atoms with Gasteiger partial charge in [0, 0.05) is 23.6 Å². The fourth-order valence-corrected chi connectivity index (χ4v) is 2.39. The van der Waals surface area contributed by atoms with E-state index in [9.17, 15) is 4.79 Å². The molecule has 3 aromatic rings. The van der Waals surface area contributed by atoms with E-state index in [1.54, 1.807) is 12.1 Å². The second kappa shape index (κ2) is 5.40. The number of anilines is 1. The highest BCUT2D eigenvalue weighted by atomic mass is 16.1. The molecule has 3 rings (SSSR count). The van der Waals surface area contributed by atoms with E-state index in [0.717, 1.165) is 29.0 Å². The standard InChI is InChI=1S/C17H17N3O/c1-3-13-6-4-5-7-15(13)19-17(21)14-8-9-20-11-12(2)18-16(20)10-14/h4-11H,3H2,1-2H3,(H,19,21). The summed E-state index contributed by atoms with van der Waals surface area (Å²) in [5.41, 5.74) is 4.32. The molecule has 0 atom stereocenters. The molecule has 0 unspecified atom stereocenters. The van der Waals surface area contributed by atoms with Gasteiger partial charge in [0.1, 0.15) is 5.65 Å². The average molecular weight is 279 g/mol. The van der Waals surface area contributed by atoms with Crippen LogP contribution in [0.5, 0.6) is 0 Å². The maximum Gasteiger partial charge on any atom is 0.255 e. The van der Waals surface area contributed by atoms with E-state index in [1.165, 1.54) is 0 Å². The zero-order chi connectivity index (χ0) is 14.8. The van der Waals surface area contributed by atoms with Crippen molar-refractivity contribution in [3.8, 4) is 0 Å². The van der Waals surface area contributed by atoms with E-state index in [2.05, 4.69) is 17.2 Å². The van der Waals surface area contributed by atoms with Gasteiger partial charge < -0.3 is 9.72 Å². The van der Waals surface area contributed by atoms with E-state index in [4.69, 9.17) is 0 Å². The normalized spacial score (nSPS) is 10.8. The maximum atomic E-state index is 12.4. The monoisotopic (exact) mass is 279 g/mol. The number of rotatable bonds is 3. The molecule has 0 bridgehead atoms. The number of hydrogen-bond donors (Lipinski definition) is 1. The number of nitrogens with zero attached hydrogens (tertiary/aromatic N) is 2. The van der Waals surface area contributed by atoms with Crippen molar-refractivity contribution < 1.29 is 4.79 Å². The molecule has 106 valence electrons. The summed E-state index contributed by atoms with van der Waals surface area (Å²) in [6, 6.07) is 11.5. The molecule has 0 fully saturated rings. The van der Waals surface area contributed by atoms with Gasteiger partial charge in [-0.25, -0.2) is 4.98 Å². The molecule has 2 aromatic heterocycles. The minimum atomic E-state index is -0.112. The zero-order valence-corrected chi connectivity index (χ0v) is 12.1. The van der Waals surface area contributed by atoms with E-state index >= 15 is 0 Å². The molecule has 0 aliphatic heterocycles. The van der Waals surface area contributed by atoms with E-state index < -0.39 is 0 Å². The Morgan fingerprint density at radius 1 is 1.29 bits per heavy atom. The highest BCUT2D eigenvalue weighted by molar-refractivity contribution is 6.05. The Balaban J connectivity index is 1.89. The molecule has 1 N–H and O–H groups in total. The van der Waals surface area contributed by atoms with Crippen LogP contribution in [0.15, 0.2) is 48.8 Å². The molecule has 2 heterocycles. The second-order valence-electron chi connectivity index (χ2n) is 5.03. The fourth-order valence-electron chi connectivity index (χ4n) is 2.39. The van der Waals surface area contributed by atoms with Crippen LogP contribution in [0.25, 0.3) is 5.65 Å². The average Bonchev–Trinajstić information content (AvgIpc) is 2.86. The van der Waals surface area contributed by atoms with Crippen LogP contribution in [0.1, 0.15) is 28.5 Å². The molecule has 0 spiro atoms. The van der Waals surface area contributed by atoms with Gasteiger partial charge in [0.05, 0.1) is 5.69 Å². The molecule has 1 aromatic carbocycles. The molecule has 21 heavy (non-hydrogen) atoms. The number of hydrogen-bond acceptors (Lipinski definition) is 2. The number of imidazole rings is 1. The lowest BCUT2D eigenvalue weighted by molar-refractivity contribution is 0.102. The lowest BCUT2D eigenvalue weighted by atomic mass is 10.1. The molecule has 1 amide bonds. The number of fused-ring (bicyclic) bond motifs is 1. The van der Waals surface area contributed by atoms with Crippen LogP contribution >= 0.6 is 0 Å². The summed E-state index contributed by atoms with van der Waals surface area (Å²) >= 11 is 0. The summed E-state index contributed by atoms with van der Waals surface area (Å²) in [4.78, 5) is 16.8. The van der Waals surface area contributed by atoms with Gasteiger partial charge in [0.2, 0.25) is 0 Å². The third kappa shape index (κ3) is 2.65. The van der Waals surface area contributed by atoms with Gasteiger partial charge in [-0.05, 0) is 37.1 Å². The van der Waals surface area contributed by atoms with E-state index in [1.807, 2.05) is 48.0 Å². The van der Waals surface area contributed by atoms with Crippen LogP contribution in [-0.4, -0.2) is 15.3 Å². The Bertz CT molecular complexity index is 805. The van der Waals surface area contributed by atoms with Gasteiger partial charge in [0.15, 0.2) is 0 Å². The predicted octanol–water partition coefficient (Wildman–Crippen LogP) is 3.46. The summed E-state index contributed by atoms with van der Waals surface area (Å²) in [7, 11) is 0. The highest BCUT2D eigenvalue weighted by Gasteiger charge is 2.09. The molecule has 0 aliphatic rings. The second-order valence-corrected chi connectivity index (χ2v) is 5.03. The predicted molar refractivity (Wildman–Crippen MR) is 83.7 cm³/mol. The number of aromatic nitrogens is 2. The van der Waals surface area contributed by atoms with Crippen molar-refractivity contribution in [3.63, 3.8) is 0 Å². The summed E-state index contributed by atoms with van der Waals surface area (Å²) in [6.45, 7) is 4.01. The quantitative estimate of drug-likeness (QED) is 0.798. The minimum absolute atomic E-state index is 0.112. The lowest BCUT2D eigenvalue weighted by Gasteiger charge is -2.09. The molecule has 0 radical (unpaired) electrons. The number of carbonyl (C=O) groups excluding carboxylic acids is 1. The molecule has 0 saturated heterocycles. The molecule has 4 nitrogen and oxygen atoms in total. The number of pyridine rings is 1. The lowest BCUT2D eigenvalue weighted by Crippen LogP contribution is -2.13. The number of carbonyl (C=O) groups is 1. The van der Waals surface area contributed by atoms with Crippen LogP contribution in [0.4, 0.5) is 5.69 Å². The number of para-hydroxylation sites is 1. The topological polar surface area (TPSA) is 46.4 Å². The first-order chi connectivity index (χ1) is 10.2. The van der Waals surface area contributed by atoms with E-state index in [-0.39, 0.29) is 5.91 Å². The maximum absolute atomic E-state index is 12.4. The molecular formula is C17H17N3O. The van der Waals surface area contributed by atoms with Gasteiger partial charge in [-0.2, -0.15) is 0 Å². The van der Waals surface area contributed by atoms with Crippen molar-refractivity contribution >= 4 is 17.2 Å². The third-order valence-electron chi connectivity index (χ3n) is 3.49. The van der Waals surface area contributed by atoms with Crippen molar-refractivity contribution in [3.05, 3.63) is 65.6 Å². The van der Waals surface area contributed by atoms with Gasteiger partial charge in [-0.1, -0.05) is 25.1 Å². The number of aryl methyl sites for hydroxylation is 2. The summed E-state index contributed by atoms with van der Waals surface area (Å²) in [5.74, 6) is -0.112. The largest absolute Gasteiger partial charge is 0.322 e. The first-order valence-electron chi connectivity index (χ1n) is 7.02. The smallest absolute Gasteiger partial charge is 0.255 e. The number of nitrogens with one attached hydrogen (secondary N) is 1. The van der Waals surface area contributed by atoms with Gasteiger partial charge in [0.25, 0.3) is 5.91 Å². The Morgan fingerprint density at radius 2 is 2.10 bits per heavy atom. The Labute approximate surface area is 123 Å². The Hall–Kier alpha value is -2.62. The Kier molecular flexibility index (Phi) is 3.44. The van der Waals surface area contributed by atoms with Crippen molar-refractivity contribution in [2.45, 2.75) is 20.3 Å². The van der Waals surface area contributed by atoms with Crippen molar-refractivity contribution in [2.75, 3.05) is 5.32 Å². The SMILES string of the molecule is CCc1ccccc1NC(=O)c1ccn2cc(C)nc2c1. The van der Waals surface area contributed by atoms with Gasteiger partial charge in [-0.3, -0.25) is 4.79 Å². The number of benzene rings is 1. The van der Waals surface area contributed by atoms with Gasteiger partial charge >= 0.3 is 0 Å². The third-order valence-corrected chi connectivity index (χ3v) is 3.49. The summed E-state index contributed by atoms with van der Waals surface area (Å²) in [6.07, 6.45) is 4.67. The minimum Gasteiger partial charge on any atom is -0.322 e. The highest BCUT2D eigenvalue weighted by Crippen LogP contribution is 2.17. The molecule has 4 heteroatoms. The zero-order valence-electron chi connectivity index (χ0n) is 12.1. The first-order valence-corrected chi connectivity index (χ1v) is 7.02. The van der Waals surface area contributed by atoms with Crippen molar-refractivity contribution in [1.29, 1.82) is 0 Å². The van der Waals surface area contributed by atoms with Gasteiger partial charge in [-0.15, -0.1) is 0 Å². The first kappa shape index (κ1) is 13.4. The van der Waals surface area contributed by atoms with Crippen LogP contribution in [0.3, 0.4) is 0 Å². The molecule has 0 saturated carbocycles. The summed E-state index contributed by atoms with van der Waals surface area (Å²) in [5, 5.41) is 2.97. The van der Waals surface area contributed by atoms with Crippen LogP contribution in [-0.2, 0) is 6.42 Å². The molecular weight excluding hydrogens is 262 g/mol. The van der Waals surface area contributed by atoms with Crippen molar-refractivity contribution in [1.82, 2.24) is 9.38 Å². The number of amides is 1. The van der Waals surface area contributed by atoms with E-state index in [0.29, 0.717) is 5.56 Å². The molecule has 0 aliphatic carbocycles. The fraction of sp³-hybridized carbons (Fsp3) is 0.176. The van der Waals surface area contributed by atoms with Crippen LogP contribution < -0.4 is 5.32 Å². The Morgan fingerprint density at radius 3 is 2.90 bits per heavy atom. The van der Waals surface area contributed by atoms with Crippen molar-refractivity contribution in [2.24, 2.45) is 0 Å². The van der Waals surface area contributed by atoms with Crippen LogP contribution in [0, 0.1) is 6.92 Å².